The summed E-state index contributed by atoms with van der Waals surface area (Å²) in [5.41, 5.74) is 6.14. The monoisotopic (exact) mass is 264 g/mol. The molecule has 2 nitrogen and oxygen atoms in total. The third-order valence-electron chi connectivity index (χ3n) is 5.50. The molecule has 19 heavy (non-hydrogen) atoms. The summed E-state index contributed by atoms with van der Waals surface area (Å²) in [5.74, 6) is 3.00. The van der Waals surface area contributed by atoms with Crippen molar-refractivity contribution in [3.63, 3.8) is 0 Å². The van der Waals surface area contributed by atoms with E-state index in [0.29, 0.717) is 6.04 Å². The summed E-state index contributed by atoms with van der Waals surface area (Å²) in [5, 5.41) is 0. The van der Waals surface area contributed by atoms with Crippen molar-refractivity contribution in [2.24, 2.45) is 23.5 Å². The molecular formula is C17H32N2. The van der Waals surface area contributed by atoms with Crippen molar-refractivity contribution < 1.29 is 0 Å². The number of rotatable bonds is 8. The molecule has 0 radical (unpaired) electrons. The van der Waals surface area contributed by atoms with E-state index in [-0.39, 0.29) is 0 Å². The Hall–Kier alpha value is -0.0800. The second-order valence-corrected chi connectivity index (χ2v) is 7.47. The summed E-state index contributed by atoms with van der Waals surface area (Å²) in [6, 6.07) is 0.685. The van der Waals surface area contributed by atoms with Crippen LogP contribution < -0.4 is 5.73 Å². The van der Waals surface area contributed by atoms with Crippen LogP contribution >= 0.6 is 0 Å². The van der Waals surface area contributed by atoms with Gasteiger partial charge in [0, 0.05) is 25.7 Å². The van der Waals surface area contributed by atoms with Gasteiger partial charge in [0.2, 0.25) is 0 Å². The number of nitrogens with two attached hydrogens (primary N) is 1. The van der Waals surface area contributed by atoms with Crippen molar-refractivity contribution in [2.75, 3.05) is 19.6 Å². The molecule has 0 aromatic heterocycles. The van der Waals surface area contributed by atoms with Gasteiger partial charge < -0.3 is 5.73 Å². The zero-order chi connectivity index (χ0) is 13.1. The molecule has 2 N–H and O–H groups in total. The van der Waals surface area contributed by atoms with Gasteiger partial charge in [-0.3, -0.25) is 4.90 Å². The Morgan fingerprint density at radius 1 is 0.789 bits per heavy atom. The molecule has 0 aliphatic heterocycles. The van der Waals surface area contributed by atoms with Crippen LogP contribution in [0.5, 0.6) is 0 Å². The zero-order valence-corrected chi connectivity index (χ0v) is 12.5. The van der Waals surface area contributed by atoms with Crippen LogP contribution in [0, 0.1) is 17.8 Å². The second kappa shape index (κ2) is 6.58. The topological polar surface area (TPSA) is 29.3 Å². The van der Waals surface area contributed by atoms with Gasteiger partial charge in [-0.2, -0.15) is 0 Å². The molecule has 1 atom stereocenters. The summed E-state index contributed by atoms with van der Waals surface area (Å²) in [7, 11) is 0. The highest BCUT2D eigenvalue weighted by molar-refractivity contribution is 4.87. The first-order chi connectivity index (χ1) is 9.35. The minimum absolute atomic E-state index is 0.685. The first-order valence-electron chi connectivity index (χ1n) is 8.79. The van der Waals surface area contributed by atoms with Gasteiger partial charge >= 0.3 is 0 Å². The minimum Gasteiger partial charge on any atom is -0.329 e. The van der Waals surface area contributed by atoms with Gasteiger partial charge in [0.1, 0.15) is 0 Å². The van der Waals surface area contributed by atoms with Crippen molar-refractivity contribution in [2.45, 2.75) is 70.3 Å². The lowest BCUT2D eigenvalue weighted by atomic mass is 9.84. The van der Waals surface area contributed by atoms with Crippen molar-refractivity contribution in [1.29, 1.82) is 0 Å². The summed E-state index contributed by atoms with van der Waals surface area (Å²) in [6.45, 7) is 3.59. The van der Waals surface area contributed by atoms with E-state index in [1.165, 1.54) is 77.3 Å². The quantitative estimate of drug-likeness (QED) is 0.728. The summed E-state index contributed by atoms with van der Waals surface area (Å²) in [6.07, 6.45) is 14.6. The fraction of sp³-hybridized carbons (Fsp3) is 1.00. The summed E-state index contributed by atoms with van der Waals surface area (Å²) in [4.78, 5) is 2.80. The molecular weight excluding hydrogens is 232 g/mol. The lowest BCUT2D eigenvalue weighted by Gasteiger charge is -2.34. The first kappa shape index (κ1) is 13.9. The Bertz CT molecular complexity index is 250. The van der Waals surface area contributed by atoms with E-state index in [0.717, 1.165) is 24.3 Å². The highest BCUT2D eigenvalue weighted by Gasteiger charge is 2.33. The molecule has 0 saturated heterocycles. The number of hydrogen-bond donors (Lipinski definition) is 1. The van der Waals surface area contributed by atoms with E-state index in [2.05, 4.69) is 4.90 Å². The van der Waals surface area contributed by atoms with Crippen LogP contribution in [-0.2, 0) is 0 Å². The van der Waals surface area contributed by atoms with Gasteiger partial charge in [-0.1, -0.05) is 32.1 Å². The molecule has 3 aliphatic rings. The molecule has 0 amide bonds. The lowest BCUT2D eigenvalue weighted by molar-refractivity contribution is 0.147. The van der Waals surface area contributed by atoms with Gasteiger partial charge in [-0.05, 0) is 49.9 Å². The number of nitrogens with zero attached hydrogens (tertiary/aromatic N) is 1. The lowest BCUT2D eigenvalue weighted by Crippen LogP contribution is -2.44. The highest BCUT2D eigenvalue weighted by Crippen LogP contribution is 2.36. The van der Waals surface area contributed by atoms with Crippen molar-refractivity contribution >= 4 is 0 Å². The maximum atomic E-state index is 6.14. The molecule has 0 heterocycles. The molecule has 1 unspecified atom stereocenters. The normalized spacial score (nSPS) is 26.8. The molecule has 0 aromatic rings. The molecule has 0 spiro atoms. The smallest absolute Gasteiger partial charge is 0.0221 e. The van der Waals surface area contributed by atoms with Crippen LogP contribution in [0.3, 0.4) is 0 Å². The van der Waals surface area contributed by atoms with Crippen molar-refractivity contribution in [1.82, 2.24) is 4.90 Å². The predicted molar refractivity (Wildman–Crippen MR) is 81.1 cm³/mol. The third kappa shape index (κ3) is 4.46. The standard InChI is InChI=1S/C17H32N2/c18-11-17(10-14-4-2-1-3-5-14)19(12-15-6-7-15)13-16-8-9-16/h14-17H,1-13,18H2. The average Bonchev–Trinajstić information content (AvgIpc) is 3.32. The van der Waals surface area contributed by atoms with E-state index in [9.17, 15) is 0 Å². The SMILES string of the molecule is NCC(CC1CCCCC1)N(CC1CC1)CC1CC1. The maximum absolute atomic E-state index is 6.14. The van der Waals surface area contributed by atoms with Crippen LogP contribution in [0.15, 0.2) is 0 Å². The van der Waals surface area contributed by atoms with Crippen LogP contribution in [0.4, 0.5) is 0 Å². The van der Waals surface area contributed by atoms with Gasteiger partial charge in [0.05, 0.1) is 0 Å². The van der Waals surface area contributed by atoms with Crippen LogP contribution in [0.25, 0.3) is 0 Å². The predicted octanol–water partition coefficient (Wildman–Crippen LogP) is 3.41. The Balaban J connectivity index is 1.52. The molecule has 0 bridgehead atoms. The Labute approximate surface area is 119 Å². The van der Waals surface area contributed by atoms with Crippen LogP contribution in [-0.4, -0.2) is 30.6 Å². The summed E-state index contributed by atoms with van der Waals surface area (Å²) < 4.78 is 0. The molecule has 3 aliphatic carbocycles. The van der Waals surface area contributed by atoms with Gasteiger partial charge in [-0.15, -0.1) is 0 Å². The second-order valence-electron chi connectivity index (χ2n) is 7.47. The molecule has 2 heteroatoms. The number of hydrogen-bond acceptors (Lipinski definition) is 2. The van der Waals surface area contributed by atoms with E-state index >= 15 is 0 Å². The minimum atomic E-state index is 0.685. The summed E-state index contributed by atoms with van der Waals surface area (Å²) >= 11 is 0. The molecule has 3 rings (SSSR count). The van der Waals surface area contributed by atoms with E-state index in [1.807, 2.05) is 0 Å². The zero-order valence-electron chi connectivity index (χ0n) is 12.5. The molecule has 110 valence electrons. The highest BCUT2D eigenvalue weighted by atomic mass is 15.2. The maximum Gasteiger partial charge on any atom is 0.0221 e. The van der Waals surface area contributed by atoms with Crippen molar-refractivity contribution in [3.05, 3.63) is 0 Å². The van der Waals surface area contributed by atoms with Crippen LogP contribution in [0.1, 0.15) is 64.2 Å². The molecule has 3 saturated carbocycles. The van der Waals surface area contributed by atoms with Crippen LogP contribution in [0.2, 0.25) is 0 Å². The van der Waals surface area contributed by atoms with Gasteiger partial charge in [-0.25, -0.2) is 0 Å². The Morgan fingerprint density at radius 3 is 1.84 bits per heavy atom. The first-order valence-corrected chi connectivity index (χ1v) is 8.79. The molecule has 3 fully saturated rings. The average molecular weight is 264 g/mol. The fourth-order valence-electron chi connectivity index (χ4n) is 3.84. The Kier molecular flexibility index (Phi) is 4.81. The fourth-order valence-corrected chi connectivity index (χ4v) is 3.84. The third-order valence-corrected chi connectivity index (χ3v) is 5.50. The molecule has 0 aromatic carbocycles. The van der Waals surface area contributed by atoms with Gasteiger partial charge in [0.15, 0.2) is 0 Å². The van der Waals surface area contributed by atoms with E-state index in [4.69, 9.17) is 5.73 Å². The van der Waals surface area contributed by atoms with Crippen molar-refractivity contribution in [3.8, 4) is 0 Å². The van der Waals surface area contributed by atoms with E-state index < -0.39 is 0 Å². The largest absolute Gasteiger partial charge is 0.329 e. The van der Waals surface area contributed by atoms with E-state index in [1.54, 1.807) is 0 Å². The van der Waals surface area contributed by atoms with Gasteiger partial charge in [0.25, 0.3) is 0 Å². The Morgan fingerprint density at radius 2 is 1.37 bits per heavy atom.